The van der Waals surface area contributed by atoms with Gasteiger partial charge in [-0.05, 0) is 48.5 Å². The van der Waals surface area contributed by atoms with Gasteiger partial charge in [-0.3, -0.25) is 0 Å². The lowest BCUT2D eigenvalue weighted by Crippen LogP contribution is -2.04. The monoisotopic (exact) mass is 382 g/mol. The number of hydrogen-bond acceptors (Lipinski definition) is 6. The van der Waals surface area contributed by atoms with Gasteiger partial charge in [0.1, 0.15) is 0 Å². The minimum Gasteiger partial charge on any atom is -0.338 e. The highest BCUT2D eigenvalue weighted by atomic mass is 35.5. The Morgan fingerprint density at radius 2 is 1.23 bits per heavy atom. The van der Waals surface area contributed by atoms with E-state index in [4.69, 9.17) is 23.2 Å². The normalized spacial score (nSPS) is 10.7. The van der Waals surface area contributed by atoms with Crippen molar-refractivity contribution in [1.82, 2.24) is 19.9 Å². The first-order valence-electron chi connectivity index (χ1n) is 7.71. The van der Waals surface area contributed by atoms with Crippen LogP contribution in [-0.2, 0) is 0 Å². The predicted octanol–water partition coefficient (Wildman–Crippen LogP) is 5.21. The standard InChI is InChI=1S/C18H12Cl2N6/c19-11-1-5-13(6-2-11)23-17-15-16(22-10-9-21-15)25-18(26-17)24-14-7-3-12(20)4-8-14/h1-10H,(H2,22,23,24,25,26). The maximum atomic E-state index is 5.94. The van der Waals surface area contributed by atoms with E-state index in [9.17, 15) is 0 Å². The average Bonchev–Trinajstić information content (AvgIpc) is 2.65. The summed E-state index contributed by atoms with van der Waals surface area (Å²) in [6.45, 7) is 0. The SMILES string of the molecule is Clc1ccc(Nc2nc(Nc3ccc(Cl)cc3)c3nccnc3n2)cc1. The van der Waals surface area contributed by atoms with E-state index < -0.39 is 0 Å². The number of aromatic nitrogens is 4. The molecule has 4 rings (SSSR count). The van der Waals surface area contributed by atoms with Crippen LogP contribution in [0, 0.1) is 0 Å². The van der Waals surface area contributed by atoms with Crippen LogP contribution in [0.25, 0.3) is 11.2 Å². The molecule has 4 aromatic rings. The van der Waals surface area contributed by atoms with Crippen LogP contribution in [0.2, 0.25) is 10.0 Å². The number of benzene rings is 2. The second-order valence-electron chi connectivity index (χ2n) is 5.39. The number of anilines is 4. The fraction of sp³-hybridized carbons (Fsp3) is 0. The van der Waals surface area contributed by atoms with E-state index in [1.165, 1.54) is 0 Å². The molecule has 2 N–H and O–H groups in total. The molecule has 6 nitrogen and oxygen atoms in total. The summed E-state index contributed by atoms with van der Waals surface area (Å²) in [6.07, 6.45) is 3.19. The van der Waals surface area contributed by atoms with Gasteiger partial charge in [-0.25, -0.2) is 9.97 Å². The Hall–Kier alpha value is -2.96. The van der Waals surface area contributed by atoms with Crippen LogP contribution in [-0.4, -0.2) is 19.9 Å². The van der Waals surface area contributed by atoms with E-state index in [0.29, 0.717) is 33.0 Å². The Balaban J connectivity index is 1.72. The number of halogens is 2. The fourth-order valence-electron chi connectivity index (χ4n) is 2.34. The molecule has 0 aliphatic carbocycles. The van der Waals surface area contributed by atoms with Crippen LogP contribution >= 0.6 is 23.2 Å². The highest BCUT2D eigenvalue weighted by Gasteiger charge is 2.10. The van der Waals surface area contributed by atoms with Gasteiger partial charge in [-0.15, -0.1) is 0 Å². The predicted molar refractivity (Wildman–Crippen MR) is 105 cm³/mol. The Bertz CT molecular complexity index is 1050. The van der Waals surface area contributed by atoms with Gasteiger partial charge < -0.3 is 10.6 Å². The van der Waals surface area contributed by atoms with Crippen molar-refractivity contribution in [3.63, 3.8) is 0 Å². The van der Waals surface area contributed by atoms with Crippen LogP contribution < -0.4 is 10.6 Å². The van der Waals surface area contributed by atoms with E-state index in [-0.39, 0.29) is 0 Å². The minimum atomic E-state index is 0.400. The summed E-state index contributed by atoms with van der Waals surface area (Å²) in [7, 11) is 0. The Kier molecular flexibility index (Phi) is 4.51. The highest BCUT2D eigenvalue weighted by molar-refractivity contribution is 6.30. The molecule has 0 saturated heterocycles. The van der Waals surface area contributed by atoms with Gasteiger partial charge in [0.15, 0.2) is 17.0 Å². The van der Waals surface area contributed by atoms with Gasteiger partial charge in [-0.2, -0.15) is 9.97 Å². The van der Waals surface area contributed by atoms with Crippen molar-refractivity contribution in [2.45, 2.75) is 0 Å². The molecule has 0 saturated carbocycles. The van der Waals surface area contributed by atoms with Gasteiger partial charge >= 0.3 is 0 Å². The number of fused-ring (bicyclic) bond motifs is 1. The third kappa shape index (κ3) is 3.66. The third-order valence-corrected chi connectivity index (χ3v) is 4.04. The summed E-state index contributed by atoms with van der Waals surface area (Å²) >= 11 is 11.9. The van der Waals surface area contributed by atoms with E-state index in [1.54, 1.807) is 36.7 Å². The zero-order valence-electron chi connectivity index (χ0n) is 13.3. The lowest BCUT2D eigenvalue weighted by atomic mass is 10.3. The van der Waals surface area contributed by atoms with Gasteiger partial charge in [0.25, 0.3) is 0 Å². The number of rotatable bonds is 4. The summed E-state index contributed by atoms with van der Waals surface area (Å²) in [4.78, 5) is 17.6. The lowest BCUT2D eigenvalue weighted by molar-refractivity contribution is 1.15. The largest absolute Gasteiger partial charge is 0.338 e. The zero-order chi connectivity index (χ0) is 17.9. The first-order chi connectivity index (χ1) is 12.7. The summed E-state index contributed by atoms with van der Waals surface area (Å²) in [5, 5.41) is 7.70. The van der Waals surface area contributed by atoms with Crippen molar-refractivity contribution in [3.8, 4) is 0 Å². The van der Waals surface area contributed by atoms with E-state index in [0.717, 1.165) is 11.4 Å². The molecule has 2 aromatic heterocycles. The van der Waals surface area contributed by atoms with Crippen molar-refractivity contribution < 1.29 is 0 Å². The molecule has 2 aromatic carbocycles. The second-order valence-corrected chi connectivity index (χ2v) is 6.26. The molecule has 0 spiro atoms. The van der Waals surface area contributed by atoms with E-state index in [2.05, 4.69) is 30.6 Å². The second kappa shape index (κ2) is 7.11. The molecule has 0 radical (unpaired) electrons. The summed E-state index contributed by atoms with van der Waals surface area (Å²) < 4.78 is 0. The molecule has 0 unspecified atom stereocenters. The quantitative estimate of drug-likeness (QED) is 0.504. The molecule has 0 aliphatic rings. The minimum absolute atomic E-state index is 0.400. The molecular formula is C18H12Cl2N6. The summed E-state index contributed by atoms with van der Waals surface area (Å²) in [5.74, 6) is 0.943. The molecular weight excluding hydrogens is 371 g/mol. The van der Waals surface area contributed by atoms with Gasteiger partial charge in [0.05, 0.1) is 0 Å². The number of nitrogens with zero attached hydrogens (tertiary/aromatic N) is 4. The van der Waals surface area contributed by atoms with E-state index >= 15 is 0 Å². The Labute approximate surface area is 159 Å². The van der Waals surface area contributed by atoms with Crippen LogP contribution in [0.3, 0.4) is 0 Å². The third-order valence-electron chi connectivity index (χ3n) is 3.54. The maximum absolute atomic E-state index is 5.94. The van der Waals surface area contributed by atoms with Crippen molar-refractivity contribution in [1.29, 1.82) is 0 Å². The van der Waals surface area contributed by atoms with Gasteiger partial charge in [0, 0.05) is 33.8 Å². The van der Waals surface area contributed by atoms with Crippen LogP contribution in [0.5, 0.6) is 0 Å². The summed E-state index contributed by atoms with van der Waals surface area (Å²) in [6, 6.07) is 14.6. The smallest absolute Gasteiger partial charge is 0.231 e. The Morgan fingerprint density at radius 1 is 0.654 bits per heavy atom. The van der Waals surface area contributed by atoms with E-state index in [1.807, 2.05) is 24.3 Å². The molecule has 0 aliphatic heterocycles. The topological polar surface area (TPSA) is 75.6 Å². The molecule has 26 heavy (non-hydrogen) atoms. The molecule has 0 amide bonds. The van der Waals surface area contributed by atoms with Crippen molar-refractivity contribution in [2.75, 3.05) is 10.6 Å². The number of nitrogens with one attached hydrogen (secondary N) is 2. The highest BCUT2D eigenvalue weighted by Crippen LogP contribution is 2.25. The molecule has 0 atom stereocenters. The fourth-order valence-corrected chi connectivity index (χ4v) is 2.59. The molecule has 0 bridgehead atoms. The van der Waals surface area contributed by atoms with Crippen molar-refractivity contribution in [3.05, 3.63) is 71.0 Å². The van der Waals surface area contributed by atoms with Crippen LogP contribution in [0.4, 0.5) is 23.1 Å². The molecule has 128 valence electrons. The first-order valence-corrected chi connectivity index (χ1v) is 8.47. The average molecular weight is 383 g/mol. The number of hydrogen-bond donors (Lipinski definition) is 2. The van der Waals surface area contributed by atoms with Crippen LogP contribution in [0.15, 0.2) is 60.9 Å². The maximum Gasteiger partial charge on any atom is 0.231 e. The lowest BCUT2D eigenvalue weighted by Gasteiger charge is -2.11. The van der Waals surface area contributed by atoms with Crippen molar-refractivity contribution in [2.24, 2.45) is 0 Å². The summed E-state index contributed by atoms with van der Waals surface area (Å²) in [5.41, 5.74) is 2.70. The zero-order valence-corrected chi connectivity index (χ0v) is 14.8. The first kappa shape index (κ1) is 16.5. The van der Waals surface area contributed by atoms with Crippen LogP contribution in [0.1, 0.15) is 0 Å². The van der Waals surface area contributed by atoms with Gasteiger partial charge in [0.2, 0.25) is 5.95 Å². The van der Waals surface area contributed by atoms with Crippen molar-refractivity contribution >= 4 is 57.5 Å². The molecule has 8 heteroatoms. The molecule has 0 fully saturated rings. The Morgan fingerprint density at radius 3 is 1.88 bits per heavy atom. The van der Waals surface area contributed by atoms with Gasteiger partial charge in [-0.1, -0.05) is 23.2 Å². The molecule has 2 heterocycles.